The molecule has 1 aromatic rings. The van der Waals surface area contributed by atoms with Gasteiger partial charge in [-0.2, -0.15) is 0 Å². The summed E-state index contributed by atoms with van der Waals surface area (Å²) in [6.07, 6.45) is 2.51. The van der Waals surface area contributed by atoms with Gasteiger partial charge in [0.1, 0.15) is 11.3 Å². The number of nitrogens with zero attached hydrogens (tertiary/aromatic N) is 1. The van der Waals surface area contributed by atoms with Crippen LogP contribution < -0.4 is 15.8 Å². The van der Waals surface area contributed by atoms with Crippen molar-refractivity contribution in [2.24, 2.45) is 0 Å². The molecule has 1 aliphatic rings. The lowest BCUT2D eigenvalue weighted by Crippen LogP contribution is -2.33. The predicted molar refractivity (Wildman–Crippen MR) is 75.4 cm³/mol. The summed E-state index contributed by atoms with van der Waals surface area (Å²) in [6.45, 7) is 3.79. The van der Waals surface area contributed by atoms with Crippen molar-refractivity contribution in [3.05, 3.63) is 23.8 Å². The fraction of sp³-hybridized carbons (Fsp3) is 0.500. The summed E-state index contributed by atoms with van der Waals surface area (Å²) in [7, 11) is 1.54. The van der Waals surface area contributed by atoms with Gasteiger partial charge in [0.15, 0.2) is 0 Å². The van der Waals surface area contributed by atoms with Crippen LogP contribution in [-0.4, -0.2) is 44.1 Å². The molecule has 19 heavy (non-hydrogen) atoms. The molecule has 5 heteroatoms. The van der Waals surface area contributed by atoms with Gasteiger partial charge >= 0.3 is 0 Å². The van der Waals surface area contributed by atoms with Crippen molar-refractivity contribution >= 4 is 11.6 Å². The minimum Gasteiger partial charge on any atom is -0.496 e. The molecule has 0 saturated carbocycles. The van der Waals surface area contributed by atoms with E-state index in [0.29, 0.717) is 23.5 Å². The summed E-state index contributed by atoms with van der Waals surface area (Å²) < 4.78 is 5.18. The molecule has 1 aromatic carbocycles. The number of hydrogen-bond donors (Lipinski definition) is 2. The SMILES string of the molecule is COc1cccc(N)c1C(=O)NCCN1CCCC1. The van der Waals surface area contributed by atoms with Crippen molar-refractivity contribution < 1.29 is 9.53 Å². The third-order valence-corrected chi connectivity index (χ3v) is 3.42. The van der Waals surface area contributed by atoms with Crippen LogP contribution in [0.4, 0.5) is 5.69 Å². The minimum absolute atomic E-state index is 0.172. The molecule has 0 bridgehead atoms. The fourth-order valence-electron chi connectivity index (χ4n) is 2.38. The Labute approximate surface area is 113 Å². The second-order valence-electron chi connectivity index (χ2n) is 4.73. The van der Waals surface area contributed by atoms with Crippen LogP contribution in [0.1, 0.15) is 23.2 Å². The van der Waals surface area contributed by atoms with Crippen LogP contribution in [0.15, 0.2) is 18.2 Å². The first-order chi connectivity index (χ1) is 9.22. The van der Waals surface area contributed by atoms with Crippen molar-refractivity contribution in [3.63, 3.8) is 0 Å². The van der Waals surface area contributed by atoms with E-state index in [1.807, 2.05) is 0 Å². The van der Waals surface area contributed by atoms with Crippen molar-refractivity contribution in [1.29, 1.82) is 0 Å². The summed E-state index contributed by atoms with van der Waals surface area (Å²) in [5, 5.41) is 2.90. The average Bonchev–Trinajstić information content (AvgIpc) is 2.91. The normalized spacial score (nSPS) is 15.4. The molecule has 0 unspecified atom stereocenters. The van der Waals surface area contributed by atoms with Crippen LogP contribution in [0.2, 0.25) is 0 Å². The van der Waals surface area contributed by atoms with Crippen molar-refractivity contribution in [3.8, 4) is 5.75 Å². The highest BCUT2D eigenvalue weighted by Crippen LogP contribution is 2.23. The highest BCUT2D eigenvalue weighted by molar-refractivity contribution is 6.01. The Hall–Kier alpha value is -1.75. The van der Waals surface area contributed by atoms with E-state index in [2.05, 4.69) is 10.2 Å². The number of anilines is 1. The van der Waals surface area contributed by atoms with Gasteiger partial charge in [-0.3, -0.25) is 4.79 Å². The lowest BCUT2D eigenvalue weighted by molar-refractivity contribution is 0.0947. The second-order valence-corrected chi connectivity index (χ2v) is 4.73. The fourth-order valence-corrected chi connectivity index (χ4v) is 2.38. The maximum Gasteiger partial charge on any atom is 0.257 e. The van der Waals surface area contributed by atoms with Crippen molar-refractivity contribution in [1.82, 2.24) is 10.2 Å². The molecule has 1 amide bonds. The van der Waals surface area contributed by atoms with E-state index in [1.54, 1.807) is 18.2 Å². The van der Waals surface area contributed by atoms with Crippen LogP contribution >= 0.6 is 0 Å². The largest absolute Gasteiger partial charge is 0.496 e. The van der Waals surface area contributed by atoms with Crippen LogP contribution in [0.3, 0.4) is 0 Å². The maximum absolute atomic E-state index is 12.1. The third-order valence-electron chi connectivity index (χ3n) is 3.42. The molecule has 0 aromatic heterocycles. The molecule has 3 N–H and O–H groups in total. The molecule has 2 rings (SSSR count). The summed E-state index contributed by atoms with van der Waals surface area (Å²) >= 11 is 0. The van der Waals surface area contributed by atoms with Gasteiger partial charge < -0.3 is 20.7 Å². The van der Waals surface area contributed by atoms with Crippen molar-refractivity contribution in [2.45, 2.75) is 12.8 Å². The molecule has 1 aliphatic heterocycles. The second kappa shape index (κ2) is 6.43. The van der Waals surface area contributed by atoms with Crippen LogP contribution in [0.5, 0.6) is 5.75 Å². The average molecular weight is 263 g/mol. The van der Waals surface area contributed by atoms with Crippen LogP contribution in [0.25, 0.3) is 0 Å². The quantitative estimate of drug-likeness (QED) is 0.781. The minimum atomic E-state index is -0.172. The Morgan fingerprint density at radius 2 is 2.16 bits per heavy atom. The Kier molecular flexibility index (Phi) is 4.63. The number of carbonyl (C=O) groups is 1. The van der Waals surface area contributed by atoms with Gasteiger partial charge in [-0.05, 0) is 38.1 Å². The number of nitrogens with one attached hydrogen (secondary N) is 1. The van der Waals surface area contributed by atoms with E-state index in [4.69, 9.17) is 10.5 Å². The number of nitrogen functional groups attached to an aromatic ring is 1. The highest BCUT2D eigenvalue weighted by Gasteiger charge is 2.16. The van der Waals surface area contributed by atoms with Gasteiger partial charge in [0.2, 0.25) is 0 Å². The summed E-state index contributed by atoms with van der Waals surface area (Å²) in [5.74, 6) is 0.341. The first-order valence-corrected chi connectivity index (χ1v) is 6.65. The zero-order valence-corrected chi connectivity index (χ0v) is 11.3. The Morgan fingerprint density at radius 3 is 2.84 bits per heavy atom. The summed E-state index contributed by atoms with van der Waals surface area (Å²) in [6, 6.07) is 5.22. The molecule has 0 spiro atoms. The molecule has 0 aliphatic carbocycles. The molecule has 1 saturated heterocycles. The molecule has 0 radical (unpaired) electrons. The molecular weight excluding hydrogens is 242 g/mol. The van der Waals surface area contributed by atoms with E-state index >= 15 is 0 Å². The third kappa shape index (κ3) is 3.38. The predicted octanol–water partition coefficient (Wildman–Crippen LogP) is 1.10. The number of ether oxygens (including phenoxy) is 1. The molecule has 1 fully saturated rings. The number of nitrogens with two attached hydrogens (primary N) is 1. The van der Waals surface area contributed by atoms with E-state index in [9.17, 15) is 4.79 Å². The molecule has 0 atom stereocenters. The number of carbonyl (C=O) groups excluding carboxylic acids is 1. The van der Waals surface area contributed by atoms with Crippen LogP contribution in [-0.2, 0) is 0 Å². The summed E-state index contributed by atoms with van der Waals surface area (Å²) in [5.41, 5.74) is 6.71. The number of hydrogen-bond acceptors (Lipinski definition) is 4. The van der Waals surface area contributed by atoms with Gasteiger partial charge in [0.05, 0.1) is 7.11 Å². The Balaban J connectivity index is 1.92. The zero-order chi connectivity index (χ0) is 13.7. The van der Waals surface area contributed by atoms with Gasteiger partial charge in [-0.15, -0.1) is 0 Å². The number of amides is 1. The van der Waals surface area contributed by atoms with E-state index in [-0.39, 0.29) is 5.91 Å². The van der Waals surface area contributed by atoms with Crippen molar-refractivity contribution in [2.75, 3.05) is 39.0 Å². The van der Waals surface area contributed by atoms with Crippen LogP contribution in [0, 0.1) is 0 Å². The Bertz CT molecular complexity index is 442. The molecular formula is C14H21N3O2. The lowest BCUT2D eigenvalue weighted by atomic mass is 10.1. The zero-order valence-electron chi connectivity index (χ0n) is 11.3. The topological polar surface area (TPSA) is 67.6 Å². The molecule has 1 heterocycles. The van der Waals surface area contributed by atoms with Gasteiger partial charge in [-0.1, -0.05) is 6.07 Å². The standard InChI is InChI=1S/C14H21N3O2/c1-19-12-6-4-5-11(15)13(12)14(18)16-7-10-17-8-2-3-9-17/h4-6H,2-3,7-10,15H2,1H3,(H,16,18). The lowest BCUT2D eigenvalue weighted by Gasteiger charge is -2.16. The Morgan fingerprint density at radius 1 is 1.42 bits per heavy atom. The van der Waals surface area contributed by atoms with E-state index in [1.165, 1.54) is 20.0 Å². The highest BCUT2D eigenvalue weighted by atomic mass is 16.5. The van der Waals surface area contributed by atoms with Gasteiger partial charge in [-0.25, -0.2) is 0 Å². The monoisotopic (exact) mass is 263 g/mol. The first-order valence-electron chi connectivity index (χ1n) is 6.65. The van der Waals surface area contributed by atoms with Gasteiger partial charge in [0, 0.05) is 18.8 Å². The smallest absolute Gasteiger partial charge is 0.257 e. The molecule has 5 nitrogen and oxygen atoms in total. The number of likely N-dealkylation sites (tertiary alicyclic amines) is 1. The summed E-state index contributed by atoms with van der Waals surface area (Å²) in [4.78, 5) is 14.5. The maximum atomic E-state index is 12.1. The number of methoxy groups -OCH3 is 1. The van der Waals surface area contributed by atoms with Gasteiger partial charge in [0.25, 0.3) is 5.91 Å². The number of rotatable bonds is 5. The van der Waals surface area contributed by atoms with E-state index < -0.39 is 0 Å². The number of benzene rings is 1. The van der Waals surface area contributed by atoms with E-state index in [0.717, 1.165) is 19.6 Å². The molecule has 104 valence electrons. The first kappa shape index (κ1) is 13.7.